The molecular formula is C30H27F2N5O5S. The highest BCUT2D eigenvalue weighted by atomic mass is 32.2. The van der Waals surface area contributed by atoms with Crippen LogP contribution in [0.3, 0.4) is 0 Å². The summed E-state index contributed by atoms with van der Waals surface area (Å²) in [5.74, 6) is -1.86. The molecular weight excluding hydrogens is 580 g/mol. The predicted molar refractivity (Wildman–Crippen MR) is 157 cm³/mol. The number of sulfonamides is 1. The molecule has 2 aromatic carbocycles. The number of ketones is 1. The van der Waals surface area contributed by atoms with E-state index >= 15 is 0 Å². The van der Waals surface area contributed by atoms with Crippen LogP contribution in [0.4, 0.5) is 20.3 Å². The van der Waals surface area contributed by atoms with Gasteiger partial charge in [-0.15, -0.1) is 0 Å². The number of hydrogen-bond acceptors (Lipinski definition) is 8. The van der Waals surface area contributed by atoms with Gasteiger partial charge in [-0.25, -0.2) is 27.2 Å². The Labute approximate surface area is 246 Å². The molecule has 222 valence electrons. The molecule has 0 spiro atoms. The van der Waals surface area contributed by atoms with Gasteiger partial charge >= 0.3 is 0 Å². The van der Waals surface area contributed by atoms with Crippen molar-refractivity contribution in [2.24, 2.45) is 0 Å². The van der Waals surface area contributed by atoms with E-state index in [1.165, 1.54) is 38.4 Å². The standard InChI is InChI=1S/C30H27F2N5O5S/c1-19(38)3-8-28(39)36-11-13-37(14-12-36)29-24-15-21(5-4-20(24)9-10-33-29)22-16-26(30(42-2)34-18-22)35-43(40,41)27-7-6-23(31)17-25(27)32/h3-10,15-18,35H,11-14H2,1-2H3/b8-3+. The summed E-state index contributed by atoms with van der Waals surface area (Å²) in [7, 11) is -3.13. The topological polar surface area (TPSA) is 122 Å². The average Bonchev–Trinajstić information content (AvgIpc) is 2.99. The number of fused-ring (bicyclic) bond motifs is 1. The molecule has 1 saturated heterocycles. The second-order valence-electron chi connectivity index (χ2n) is 9.79. The van der Waals surface area contributed by atoms with Gasteiger partial charge in [0.1, 0.15) is 28.0 Å². The van der Waals surface area contributed by atoms with Gasteiger partial charge in [-0.3, -0.25) is 14.3 Å². The van der Waals surface area contributed by atoms with Crippen LogP contribution in [0.2, 0.25) is 0 Å². The van der Waals surface area contributed by atoms with Crippen molar-refractivity contribution >= 4 is 44.0 Å². The second-order valence-corrected chi connectivity index (χ2v) is 11.4. The number of ether oxygens (including phenoxy) is 1. The minimum atomic E-state index is -4.44. The van der Waals surface area contributed by atoms with Crippen LogP contribution in [0.5, 0.6) is 5.88 Å². The largest absolute Gasteiger partial charge is 0.480 e. The van der Waals surface area contributed by atoms with E-state index in [9.17, 15) is 26.8 Å². The molecule has 5 rings (SSSR count). The van der Waals surface area contributed by atoms with E-state index in [-0.39, 0.29) is 23.3 Å². The monoisotopic (exact) mass is 607 g/mol. The summed E-state index contributed by atoms with van der Waals surface area (Å²) in [5.41, 5.74) is 1.21. The third-order valence-corrected chi connectivity index (χ3v) is 8.30. The first-order chi connectivity index (χ1) is 20.6. The lowest BCUT2D eigenvalue weighted by Gasteiger charge is -2.35. The lowest BCUT2D eigenvalue weighted by Crippen LogP contribution is -2.48. The molecule has 10 nitrogen and oxygen atoms in total. The predicted octanol–water partition coefficient (Wildman–Crippen LogP) is 4.18. The number of carbonyl (C=O) groups excluding carboxylic acids is 2. The number of pyridine rings is 2. The molecule has 1 amide bonds. The van der Waals surface area contributed by atoms with Gasteiger partial charge in [0.15, 0.2) is 5.78 Å². The maximum Gasteiger partial charge on any atom is 0.264 e. The number of benzene rings is 2. The van der Waals surface area contributed by atoms with Crippen molar-refractivity contribution < 1.29 is 31.5 Å². The van der Waals surface area contributed by atoms with Gasteiger partial charge in [-0.2, -0.15) is 0 Å². The second kappa shape index (κ2) is 12.1. The zero-order chi connectivity index (χ0) is 30.7. The van der Waals surface area contributed by atoms with Crippen LogP contribution in [-0.4, -0.2) is 68.3 Å². The van der Waals surface area contributed by atoms with E-state index in [1.807, 2.05) is 24.3 Å². The summed E-state index contributed by atoms with van der Waals surface area (Å²) in [6.07, 6.45) is 5.77. The quantitative estimate of drug-likeness (QED) is 0.296. The van der Waals surface area contributed by atoms with Crippen molar-refractivity contribution in [3.05, 3.63) is 84.7 Å². The van der Waals surface area contributed by atoms with Crippen molar-refractivity contribution in [2.75, 3.05) is 42.9 Å². The van der Waals surface area contributed by atoms with E-state index in [0.29, 0.717) is 43.4 Å². The van der Waals surface area contributed by atoms with Crippen molar-refractivity contribution in [2.45, 2.75) is 11.8 Å². The van der Waals surface area contributed by atoms with Gasteiger partial charge in [0.05, 0.1) is 7.11 Å². The van der Waals surface area contributed by atoms with Gasteiger partial charge in [-0.05, 0) is 54.3 Å². The molecule has 1 aliphatic rings. The van der Waals surface area contributed by atoms with Crippen LogP contribution in [0.15, 0.2) is 78.0 Å². The summed E-state index contributed by atoms with van der Waals surface area (Å²) in [4.78, 5) is 35.4. The zero-order valence-corrected chi connectivity index (χ0v) is 24.1. The number of allylic oxidation sites excluding steroid dienone is 1. The van der Waals surface area contributed by atoms with E-state index in [4.69, 9.17) is 4.74 Å². The molecule has 43 heavy (non-hydrogen) atoms. The first kappa shape index (κ1) is 29.6. The summed E-state index contributed by atoms with van der Waals surface area (Å²) in [5, 5.41) is 1.76. The molecule has 0 radical (unpaired) electrons. The van der Waals surface area contributed by atoms with E-state index < -0.39 is 26.6 Å². The number of hydrogen-bond donors (Lipinski definition) is 1. The van der Waals surface area contributed by atoms with Crippen LogP contribution >= 0.6 is 0 Å². The van der Waals surface area contributed by atoms with Crippen LogP contribution in [0.1, 0.15) is 6.92 Å². The number of amides is 1. The van der Waals surface area contributed by atoms with Crippen LogP contribution in [0.25, 0.3) is 21.9 Å². The highest BCUT2D eigenvalue weighted by Gasteiger charge is 2.24. The molecule has 0 atom stereocenters. The highest BCUT2D eigenvalue weighted by molar-refractivity contribution is 7.92. The number of aromatic nitrogens is 2. The van der Waals surface area contributed by atoms with Gasteiger partial charge < -0.3 is 14.5 Å². The Balaban J connectivity index is 1.43. The molecule has 2 aromatic heterocycles. The van der Waals surface area contributed by atoms with Gasteiger partial charge in [0.2, 0.25) is 11.8 Å². The third-order valence-electron chi connectivity index (χ3n) is 6.90. The van der Waals surface area contributed by atoms with Crippen LogP contribution in [-0.2, 0) is 19.6 Å². The fraction of sp³-hybridized carbons (Fsp3) is 0.200. The first-order valence-electron chi connectivity index (χ1n) is 13.2. The van der Waals surface area contributed by atoms with Crippen molar-refractivity contribution in [1.29, 1.82) is 0 Å². The number of carbonyl (C=O) groups is 2. The van der Waals surface area contributed by atoms with Gasteiger partial charge in [0.25, 0.3) is 10.0 Å². The van der Waals surface area contributed by atoms with E-state index in [0.717, 1.165) is 28.7 Å². The normalized spacial score (nSPS) is 13.9. The summed E-state index contributed by atoms with van der Waals surface area (Å²) >= 11 is 0. The Morgan fingerprint density at radius 3 is 2.42 bits per heavy atom. The molecule has 3 heterocycles. The third kappa shape index (κ3) is 6.46. The molecule has 4 aromatic rings. The summed E-state index contributed by atoms with van der Waals surface area (Å²) < 4.78 is 61.1. The van der Waals surface area contributed by atoms with Crippen molar-refractivity contribution in [1.82, 2.24) is 14.9 Å². The highest BCUT2D eigenvalue weighted by Crippen LogP contribution is 2.34. The summed E-state index contributed by atoms with van der Waals surface area (Å²) in [6, 6.07) is 11.2. The maximum atomic E-state index is 14.3. The number of nitrogens with one attached hydrogen (secondary N) is 1. The number of methoxy groups -OCH3 is 1. The van der Waals surface area contributed by atoms with Crippen molar-refractivity contribution in [3.8, 4) is 17.0 Å². The molecule has 0 aliphatic carbocycles. The van der Waals surface area contributed by atoms with E-state index in [2.05, 4.69) is 19.6 Å². The Hall–Kier alpha value is -4.91. The number of nitrogens with zero attached hydrogens (tertiary/aromatic N) is 4. The van der Waals surface area contributed by atoms with E-state index in [1.54, 1.807) is 11.1 Å². The van der Waals surface area contributed by atoms with Crippen LogP contribution < -0.4 is 14.4 Å². The minimum Gasteiger partial charge on any atom is -0.480 e. The maximum absolute atomic E-state index is 14.3. The average molecular weight is 608 g/mol. The molecule has 1 fully saturated rings. The number of piperazine rings is 1. The lowest BCUT2D eigenvalue weighted by atomic mass is 10.0. The first-order valence-corrected chi connectivity index (χ1v) is 14.7. The fourth-order valence-electron chi connectivity index (χ4n) is 4.76. The fourth-order valence-corrected chi connectivity index (χ4v) is 5.86. The SMILES string of the molecule is COc1ncc(-c2ccc3ccnc(N4CCN(C(=O)/C=C/C(C)=O)CC4)c3c2)cc1NS(=O)(=O)c1ccc(F)cc1F. The number of rotatable bonds is 8. The molecule has 1 N–H and O–H groups in total. The molecule has 13 heteroatoms. The van der Waals surface area contributed by atoms with Crippen LogP contribution in [0, 0.1) is 11.6 Å². The Morgan fingerprint density at radius 1 is 0.953 bits per heavy atom. The Kier molecular flexibility index (Phi) is 8.35. The molecule has 0 saturated carbocycles. The summed E-state index contributed by atoms with van der Waals surface area (Å²) in [6.45, 7) is 3.37. The lowest BCUT2D eigenvalue weighted by molar-refractivity contribution is -0.126. The Morgan fingerprint density at radius 2 is 1.72 bits per heavy atom. The van der Waals surface area contributed by atoms with Gasteiger partial charge in [-0.1, -0.05) is 12.1 Å². The molecule has 0 bridgehead atoms. The molecule has 0 unspecified atom stereocenters. The van der Waals surface area contributed by atoms with Gasteiger partial charge in [0, 0.05) is 61.7 Å². The zero-order valence-electron chi connectivity index (χ0n) is 23.3. The van der Waals surface area contributed by atoms with Crippen molar-refractivity contribution in [3.63, 3.8) is 0 Å². The Bertz CT molecular complexity index is 1860. The smallest absolute Gasteiger partial charge is 0.264 e. The number of anilines is 2. The minimum absolute atomic E-state index is 0.0326. The number of halogens is 2. The molecule has 1 aliphatic heterocycles.